The third-order valence-electron chi connectivity index (χ3n) is 8.00. The number of fused-ring (bicyclic) bond motifs is 3. The molecule has 0 aromatic heterocycles. The van der Waals surface area contributed by atoms with Crippen molar-refractivity contribution in [3.63, 3.8) is 0 Å². The summed E-state index contributed by atoms with van der Waals surface area (Å²) < 4.78 is 5.59. The third-order valence-corrected chi connectivity index (χ3v) is 8.00. The van der Waals surface area contributed by atoms with Crippen LogP contribution in [0.1, 0.15) is 55.6 Å². The fraction of sp³-hybridized carbons (Fsp3) is 0.464. The Morgan fingerprint density at radius 2 is 1.54 bits per heavy atom. The van der Waals surface area contributed by atoms with Crippen molar-refractivity contribution in [1.29, 1.82) is 0 Å². The zero-order chi connectivity index (χ0) is 24.4. The van der Waals surface area contributed by atoms with Crippen LogP contribution in [0.5, 0.6) is 0 Å². The summed E-state index contributed by atoms with van der Waals surface area (Å²) in [6.07, 6.45) is 4.30. The molecule has 2 aromatic rings. The second-order valence-electron chi connectivity index (χ2n) is 10.2. The first-order valence-electron chi connectivity index (χ1n) is 12.6. The Morgan fingerprint density at radius 3 is 2.17 bits per heavy atom. The van der Waals surface area contributed by atoms with E-state index in [1.54, 1.807) is 0 Å². The molecule has 0 heterocycles. The molecule has 35 heavy (non-hydrogen) atoms. The predicted molar refractivity (Wildman–Crippen MR) is 131 cm³/mol. The van der Waals surface area contributed by atoms with E-state index in [0.29, 0.717) is 25.8 Å². The van der Waals surface area contributed by atoms with Crippen LogP contribution in [0.15, 0.2) is 48.5 Å². The molecule has 0 spiro atoms. The largest absolute Gasteiger partial charge is 0.481 e. The first kappa shape index (κ1) is 23.4. The molecule has 3 N–H and O–H groups in total. The van der Waals surface area contributed by atoms with Crippen LogP contribution < -0.4 is 10.6 Å². The summed E-state index contributed by atoms with van der Waals surface area (Å²) >= 11 is 0. The van der Waals surface area contributed by atoms with Gasteiger partial charge in [0.2, 0.25) is 5.91 Å². The lowest BCUT2D eigenvalue weighted by atomic mass is 9.79. The van der Waals surface area contributed by atoms with Crippen molar-refractivity contribution in [2.45, 2.75) is 44.4 Å². The van der Waals surface area contributed by atoms with E-state index < -0.39 is 23.4 Å². The van der Waals surface area contributed by atoms with Crippen LogP contribution in [-0.2, 0) is 14.3 Å². The minimum atomic E-state index is -0.776. The van der Waals surface area contributed by atoms with E-state index in [-0.39, 0.29) is 30.9 Å². The number of aliphatic carboxylic acids is 1. The minimum Gasteiger partial charge on any atom is -0.481 e. The lowest BCUT2D eigenvalue weighted by Gasteiger charge is -2.29. The highest BCUT2D eigenvalue weighted by atomic mass is 16.5. The Bertz CT molecular complexity index is 1080. The number of carbonyl (C=O) groups is 3. The van der Waals surface area contributed by atoms with Gasteiger partial charge in [0.1, 0.15) is 6.61 Å². The summed E-state index contributed by atoms with van der Waals surface area (Å²) in [5.74, 6) is -1.31. The molecule has 0 aliphatic heterocycles. The minimum absolute atomic E-state index is 0.0102. The summed E-state index contributed by atoms with van der Waals surface area (Å²) in [4.78, 5) is 36.9. The maximum Gasteiger partial charge on any atom is 0.407 e. The predicted octanol–water partition coefficient (Wildman–Crippen LogP) is 4.31. The second-order valence-corrected chi connectivity index (χ2v) is 10.2. The Hall–Kier alpha value is -3.35. The number of alkyl carbamates (subject to hydrolysis) is 1. The fourth-order valence-electron chi connectivity index (χ4n) is 5.71. The smallest absolute Gasteiger partial charge is 0.407 e. The monoisotopic (exact) mass is 476 g/mol. The second kappa shape index (κ2) is 9.72. The maximum atomic E-state index is 12.8. The molecule has 2 saturated carbocycles. The van der Waals surface area contributed by atoms with Crippen molar-refractivity contribution < 1.29 is 24.2 Å². The van der Waals surface area contributed by atoms with Gasteiger partial charge < -0.3 is 20.5 Å². The molecular formula is C28H32N2O5. The van der Waals surface area contributed by atoms with Gasteiger partial charge in [-0.25, -0.2) is 4.79 Å². The standard InChI is InChI=1S/C28H32N2O5/c31-25(32)19-8-2-1-7-18(19)15-29-26(33)28(13-14-28)17-30-27(34)35-16-24-22-11-5-3-9-20(22)21-10-4-6-12-23(21)24/h3-6,9-12,18-19,24H,1-2,7-8,13-17H2,(H,29,33)(H,30,34)(H,31,32)/t18-,19-/m0/s1. The lowest BCUT2D eigenvalue weighted by molar-refractivity contribution is -0.145. The normalized spacial score (nSPS) is 21.9. The summed E-state index contributed by atoms with van der Waals surface area (Å²) in [5.41, 5.74) is 4.05. The van der Waals surface area contributed by atoms with Crippen molar-refractivity contribution in [3.8, 4) is 11.1 Å². The van der Waals surface area contributed by atoms with Gasteiger partial charge in [-0.15, -0.1) is 0 Å². The quantitative estimate of drug-likeness (QED) is 0.527. The first-order chi connectivity index (χ1) is 17.0. The van der Waals surface area contributed by atoms with Gasteiger partial charge in [-0.05, 0) is 53.9 Å². The molecule has 2 fully saturated rings. The van der Waals surface area contributed by atoms with Crippen LogP contribution in [0, 0.1) is 17.3 Å². The number of carbonyl (C=O) groups excluding carboxylic acids is 2. The van der Waals surface area contributed by atoms with E-state index in [1.807, 2.05) is 24.3 Å². The van der Waals surface area contributed by atoms with Gasteiger partial charge in [0.15, 0.2) is 0 Å². The van der Waals surface area contributed by atoms with Crippen LogP contribution in [0.3, 0.4) is 0 Å². The molecule has 2 amide bonds. The van der Waals surface area contributed by atoms with Gasteiger partial charge in [-0.1, -0.05) is 61.4 Å². The van der Waals surface area contributed by atoms with Gasteiger partial charge in [-0.3, -0.25) is 9.59 Å². The van der Waals surface area contributed by atoms with Crippen molar-refractivity contribution in [1.82, 2.24) is 10.6 Å². The molecule has 0 unspecified atom stereocenters. The van der Waals surface area contributed by atoms with E-state index in [2.05, 4.69) is 34.9 Å². The molecule has 2 aromatic carbocycles. The lowest BCUT2D eigenvalue weighted by Crippen LogP contribution is -2.44. The molecule has 184 valence electrons. The molecule has 0 saturated heterocycles. The van der Waals surface area contributed by atoms with Gasteiger partial charge in [-0.2, -0.15) is 0 Å². The topological polar surface area (TPSA) is 105 Å². The average Bonchev–Trinajstić information content (AvgIpc) is 3.61. The SMILES string of the molecule is O=C(NCC1(C(=O)NC[C@@H]2CCCC[C@@H]2C(=O)O)CC1)OCC1c2ccccc2-c2ccccc21. The average molecular weight is 477 g/mol. The number of rotatable bonds is 8. The fourth-order valence-corrected chi connectivity index (χ4v) is 5.71. The van der Waals surface area contributed by atoms with Crippen LogP contribution in [0.4, 0.5) is 4.79 Å². The Kier molecular flexibility index (Phi) is 6.50. The highest BCUT2D eigenvalue weighted by molar-refractivity contribution is 5.86. The molecule has 0 radical (unpaired) electrons. The molecule has 7 heteroatoms. The van der Waals surface area contributed by atoms with Crippen LogP contribution in [0.2, 0.25) is 0 Å². The number of benzene rings is 2. The highest BCUT2D eigenvalue weighted by Crippen LogP contribution is 2.46. The maximum absolute atomic E-state index is 12.8. The molecule has 5 rings (SSSR count). The van der Waals surface area contributed by atoms with Gasteiger partial charge >= 0.3 is 12.1 Å². The van der Waals surface area contributed by atoms with Gasteiger partial charge in [0.25, 0.3) is 0 Å². The van der Waals surface area contributed by atoms with Crippen molar-refractivity contribution in [2.75, 3.05) is 19.7 Å². The summed E-state index contributed by atoms with van der Waals surface area (Å²) in [6.45, 7) is 0.836. The number of hydrogen-bond donors (Lipinski definition) is 3. The van der Waals surface area contributed by atoms with E-state index in [9.17, 15) is 19.5 Å². The Balaban J connectivity index is 1.12. The van der Waals surface area contributed by atoms with Crippen LogP contribution >= 0.6 is 0 Å². The Labute approximate surface area is 205 Å². The zero-order valence-electron chi connectivity index (χ0n) is 19.8. The van der Waals surface area contributed by atoms with E-state index >= 15 is 0 Å². The molecular weight excluding hydrogens is 444 g/mol. The third kappa shape index (κ3) is 4.77. The summed E-state index contributed by atoms with van der Waals surface area (Å²) in [6, 6.07) is 16.4. The first-order valence-corrected chi connectivity index (χ1v) is 12.6. The van der Waals surface area contributed by atoms with Crippen LogP contribution in [-0.4, -0.2) is 42.8 Å². The van der Waals surface area contributed by atoms with E-state index in [0.717, 1.165) is 30.4 Å². The molecule has 3 aliphatic rings. The number of carboxylic acids is 1. The summed E-state index contributed by atoms with van der Waals surface area (Å²) in [7, 11) is 0. The molecule has 3 aliphatic carbocycles. The van der Waals surface area contributed by atoms with Crippen molar-refractivity contribution >= 4 is 18.0 Å². The van der Waals surface area contributed by atoms with Crippen molar-refractivity contribution in [3.05, 3.63) is 59.7 Å². The van der Waals surface area contributed by atoms with E-state index in [4.69, 9.17) is 4.74 Å². The number of hydrogen-bond acceptors (Lipinski definition) is 4. The molecule has 0 bridgehead atoms. The number of ether oxygens (including phenoxy) is 1. The number of carboxylic acid groups (broad SMARTS) is 1. The highest BCUT2D eigenvalue weighted by Gasteiger charge is 2.50. The van der Waals surface area contributed by atoms with Gasteiger partial charge in [0.05, 0.1) is 11.3 Å². The zero-order valence-corrected chi connectivity index (χ0v) is 19.8. The van der Waals surface area contributed by atoms with E-state index in [1.165, 1.54) is 11.1 Å². The molecule has 7 nitrogen and oxygen atoms in total. The molecule has 2 atom stereocenters. The summed E-state index contributed by atoms with van der Waals surface area (Å²) in [5, 5.41) is 15.2. The van der Waals surface area contributed by atoms with Crippen LogP contribution in [0.25, 0.3) is 11.1 Å². The van der Waals surface area contributed by atoms with Gasteiger partial charge in [0, 0.05) is 19.0 Å². The Morgan fingerprint density at radius 1 is 0.914 bits per heavy atom. The van der Waals surface area contributed by atoms with Crippen molar-refractivity contribution in [2.24, 2.45) is 17.3 Å². The number of nitrogens with one attached hydrogen (secondary N) is 2. The number of amides is 2.